The lowest BCUT2D eigenvalue weighted by Gasteiger charge is -2.40. The van der Waals surface area contributed by atoms with Crippen molar-refractivity contribution >= 4 is 5.91 Å². The number of hydrogen-bond donors (Lipinski definition) is 6. The molecule has 7 unspecified atom stereocenters. The molecule has 1 heterocycles. The molecule has 0 bridgehead atoms. The zero-order valence-corrected chi connectivity index (χ0v) is 46.9. The van der Waals surface area contributed by atoms with Crippen LogP contribution in [0.4, 0.5) is 0 Å². The summed E-state index contributed by atoms with van der Waals surface area (Å²) in [4.78, 5) is 13.1. The summed E-state index contributed by atoms with van der Waals surface area (Å²) in [5.74, 6) is -0.188. The van der Waals surface area contributed by atoms with Crippen LogP contribution in [-0.2, 0) is 14.3 Å². The number of allylic oxidation sites excluding steroid dienone is 7. The highest BCUT2D eigenvalue weighted by Gasteiger charge is 2.44. The van der Waals surface area contributed by atoms with E-state index in [-0.39, 0.29) is 12.5 Å². The Hall–Kier alpha value is -1.85. The zero-order chi connectivity index (χ0) is 52.2. The Labute approximate surface area is 444 Å². The molecule has 1 aliphatic heterocycles. The second-order valence-electron chi connectivity index (χ2n) is 21.5. The standard InChI is InChI=1S/C63H117NO8/c1-3-5-7-9-11-13-15-17-19-21-23-25-27-29-31-33-35-37-39-41-43-45-47-49-51-53-59(67)64-56(55-71-63-62(70)61(69)60(68)58(54-65)72-63)57(66)52-50-48-46-44-42-40-38-36-34-32-30-28-26-24-22-20-18-16-14-12-10-8-6-4-2/h23,25,29,31,42,44,50,52,56-58,60-63,65-66,68-70H,3-22,24,26-28,30,32-41,43,45-49,51,53-55H2,1-2H3,(H,64,67)/b25-23-,31-29-,44-42+,52-50+. The molecule has 6 N–H and O–H groups in total. The zero-order valence-electron chi connectivity index (χ0n) is 46.9. The molecule has 0 spiro atoms. The molecule has 0 aromatic heterocycles. The van der Waals surface area contributed by atoms with E-state index in [0.717, 1.165) is 44.9 Å². The van der Waals surface area contributed by atoms with Gasteiger partial charge in [0.2, 0.25) is 5.91 Å². The van der Waals surface area contributed by atoms with Crippen LogP contribution in [0.5, 0.6) is 0 Å². The molecule has 72 heavy (non-hydrogen) atoms. The highest BCUT2D eigenvalue weighted by molar-refractivity contribution is 5.76. The number of aliphatic hydroxyl groups is 5. The molecule has 7 atom stereocenters. The largest absolute Gasteiger partial charge is 0.394 e. The minimum absolute atomic E-state index is 0.188. The fourth-order valence-corrected chi connectivity index (χ4v) is 9.73. The third-order valence-corrected chi connectivity index (χ3v) is 14.6. The van der Waals surface area contributed by atoms with Crippen LogP contribution < -0.4 is 5.32 Å². The smallest absolute Gasteiger partial charge is 0.220 e. The van der Waals surface area contributed by atoms with E-state index in [9.17, 15) is 30.3 Å². The van der Waals surface area contributed by atoms with Crippen LogP contribution in [0.2, 0.25) is 0 Å². The summed E-state index contributed by atoms with van der Waals surface area (Å²) in [6.07, 6.45) is 63.3. The lowest BCUT2D eigenvalue weighted by molar-refractivity contribution is -0.302. The van der Waals surface area contributed by atoms with Crippen molar-refractivity contribution in [1.29, 1.82) is 0 Å². The van der Waals surface area contributed by atoms with Crippen molar-refractivity contribution in [2.24, 2.45) is 0 Å². The second kappa shape index (κ2) is 52.6. The summed E-state index contributed by atoms with van der Waals surface area (Å²) in [5, 5.41) is 54.6. The Kier molecular flexibility index (Phi) is 49.8. The van der Waals surface area contributed by atoms with Gasteiger partial charge in [0.25, 0.3) is 0 Å². The summed E-state index contributed by atoms with van der Waals surface area (Å²) in [7, 11) is 0. The average Bonchev–Trinajstić information content (AvgIpc) is 3.38. The normalized spacial score (nSPS) is 19.5. The third-order valence-electron chi connectivity index (χ3n) is 14.6. The first-order valence-electron chi connectivity index (χ1n) is 30.9. The number of hydrogen-bond acceptors (Lipinski definition) is 8. The fourth-order valence-electron chi connectivity index (χ4n) is 9.73. The molecule has 1 saturated heterocycles. The Morgan fingerprint density at radius 3 is 1.25 bits per heavy atom. The fraction of sp³-hybridized carbons (Fsp3) is 0.857. The first-order chi connectivity index (χ1) is 35.3. The van der Waals surface area contributed by atoms with E-state index in [1.54, 1.807) is 6.08 Å². The van der Waals surface area contributed by atoms with Crippen molar-refractivity contribution in [2.45, 2.75) is 333 Å². The molecular weight excluding hydrogens is 899 g/mol. The second-order valence-corrected chi connectivity index (χ2v) is 21.5. The lowest BCUT2D eigenvalue weighted by Crippen LogP contribution is -2.60. The van der Waals surface area contributed by atoms with Gasteiger partial charge >= 0.3 is 0 Å². The van der Waals surface area contributed by atoms with Crippen molar-refractivity contribution in [1.82, 2.24) is 5.32 Å². The quantitative estimate of drug-likeness (QED) is 0.0261. The summed E-state index contributed by atoms with van der Waals surface area (Å²) in [5.41, 5.74) is 0. The minimum Gasteiger partial charge on any atom is -0.394 e. The van der Waals surface area contributed by atoms with Crippen LogP contribution in [0.3, 0.4) is 0 Å². The number of ether oxygens (including phenoxy) is 2. The Morgan fingerprint density at radius 1 is 0.472 bits per heavy atom. The van der Waals surface area contributed by atoms with Crippen molar-refractivity contribution in [3.8, 4) is 0 Å². The monoisotopic (exact) mass is 1020 g/mol. The van der Waals surface area contributed by atoms with Gasteiger partial charge in [-0.25, -0.2) is 0 Å². The first kappa shape index (κ1) is 68.2. The van der Waals surface area contributed by atoms with Crippen molar-refractivity contribution in [2.75, 3.05) is 13.2 Å². The van der Waals surface area contributed by atoms with Gasteiger partial charge in [0, 0.05) is 6.42 Å². The highest BCUT2D eigenvalue weighted by atomic mass is 16.7. The number of carbonyl (C=O) groups excluding carboxylic acids is 1. The van der Waals surface area contributed by atoms with Gasteiger partial charge in [0.15, 0.2) is 6.29 Å². The molecule has 9 heteroatoms. The van der Waals surface area contributed by atoms with Crippen LogP contribution in [-0.4, -0.2) is 87.5 Å². The Balaban J connectivity index is 2.23. The highest BCUT2D eigenvalue weighted by Crippen LogP contribution is 2.23. The molecule has 0 aliphatic carbocycles. The van der Waals surface area contributed by atoms with E-state index in [1.165, 1.54) is 225 Å². The minimum atomic E-state index is -1.57. The molecule has 0 saturated carbocycles. The number of nitrogens with one attached hydrogen (secondary N) is 1. The molecule has 1 fully saturated rings. The predicted octanol–water partition coefficient (Wildman–Crippen LogP) is 15.7. The molecule has 1 rings (SSSR count). The first-order valence-corrected chi connectivity index (χ1v) is 30.9. The molecule has 9 nitrogen and oxygen atoms in total. The van der Waals surface area contributed by atoms with Crippen LogP contribution in [0, 0.1) is 0 Å². The van der Waals surface area contributed by atoms with E-state index in [0.29, 0.717) is 6.42 Å². The van der Waals surface area contributed by atoms with Gasteiger partial charge in [-0.2, -0.15) is 0 Å². The van der Waals surface area contributed by atoms with Gasteiger partial charge in [-0.3, -0.25) is 4.79 Å². The van der Waals surface area contributed by atoms with Crippen molar-refractivity contribution in [3.05, 3.63) is 48.6 Å². The third kappa shape index (κ3) is 41.4. The van der Waals surface area contributed by atoms with E-state index in [2.05, 4.69) is 55.6 Å². The van der Waals surface area contributed by atoms with Gasteiger partial charge < -0.3 is 40.3 Å². The Morgan fingerprint density at radius 2 is 0.833 bits per heavy atom. The van der Waals surface area contributed by atoms with Crippen LogP contribution >= 0.6 is 0 Å². The van der Waals surface area contributed by atoms with Crippen LogP contribution in [0.1, 0.15) is 290 Å². The van der Waals surface area contributed by atoms with Crippen molar-refractivity contribution < 1.29 is 39.8 Å². The molecular formula is C63H117NO8. The molecule has 0 aromatic carbocycles. The summed E-state index contributed by atoms with van der Waals surface area (Å²) in [6, 6.07) is -0.826. The number of amides is 1. The summed E-state index contributed by atoms with van der Waals surface area (Å²) in [6.45, 7) is 3.79. The van der Waals surface area contributed by atoms with E-state index < -0.39 is 49.5 Å². The van der Waals surface area contributed by atoms with Crippen LogP contribution in [0.15, 0.2) is 48.6 Å². The van der Waals surface area contributed by atoms with Gasteiger partial charge in [-0.15, -0.1) is 0 Å². The summed E-state index contributed by atoms with van der Waals surface area (Å²) >= 11 is 0. The van der Waals surface area contributed by atoms with Crippen molar-refractivity contribution in [3.63, 3.8) is 0 Å². The van der Waals surface area contributed by atoms with Gasteiger partial charge in [0.1, 0.15) is 24.4 Å². The number of rotatable bonds is 53. The SMILES string of the molecule is CCCCCCCCCCC/C=C\C/C=C\CCCCCCCCCCCC(=O)NC(COC1OC(CO)C(O)C(O)C1O)C(O)/C=C/CC/C=C/CCCCCCCCCCCCCCCCCCCC. The topological polar surface area (TPSA) is 149 Å². The lowest BCUT2D eigenvalue weighted by atomic mass is 9.99. The van der Waals surface area contributed by atoms with Crippen LogP contribution in [0.25, 0.3) is 0 Å². The van der Waals surface area contributed by atoms with E-state index in [1.807, 2.05) is 6.08 Å². The number of carbonyl (C=O) groups is 1. The predicted molar refractivity (Wildman–Crippen MR) is 304 cm³/mol. The van der Waals surface area contributed by atoms with Gasteiger partial charge in [0.05, 0.1) is 25.4 Å². The van der Waals surface area contributed by atoms with E-state index >= 15 is 0 Å². The molecule has 1 aliphatic rings. The molecule has 0 radical (unpaired) electrons. The number of unbranched alkanes of at least 4 members (excludes halogenated alkanes) is 37. The van der Waals surface area contributed by atoms with Gasteiger partial charge in [-0.1, -0.05) is 268 Å². The maximum Gasteiger partial charge on any atom is 0.220 e. The maximum atomic E-state index is 13.1. The summed E-state index contributed by atoms with van der Waals surface area (Å²) < 4.78 is 11.3. The average molecular weight is 1020 g/mol. The maximum absolute atomic E-state index is 13.1. The molecule has 1 amide bonds. The molecule has 0 aromatic rings. The Bertz CT molecular complexity index is 1270. The number of aliphatic hydroxyl groups excluding tert-OH is 5. The van der Waals surface area contributed by atoms with E-state index in [4.69, 9.17) is 9.47 Å². The van der Waals surface area contributed by atoms with Gasteiger partial charge in [-0.05, 0) is 64.2 Å². The molecule has 422 valence electrons.